The first-order valence-electron chi connectivity index (χ1n) is 6.16. The number of aromatic hydroxyl groups is 1. The fourth-order valence-electron chi connectivity index (χ4n) is 1.60. The third-order valence-corrected chi connectivity index (χ3v) is 2.75. The summed E-state index contributed by atoms with van der Waals surface area (Å²) < 4.78 is 37.2. The molecular formula is C15H11F3N2O2. The van der Waals surface area contributed by atoms with Crippen molar-refractivity contribution in [2.75, 3.05) is 0 Å². The Labute approximate surface area is 123 Å². The zero-order valence-corrected chi connectivity index (χ0v) is 11.1. The number of phenols is 1. The maximum atomic E-state index is 12.4. The maximum Gasteiger partial charge on any atom is 0.416 e. The van der Waals surface area contributed by atoms with Gasteiger partial charge in [0.05, 0.1) is 11.8 Å². The zero-order valence-electron chi connectivity index (χ0n) is 11.1. The molecule has 0 bridgehead atoms. The van der Waals surface area contributed by atoms with Crippen molar-refractivity contribution in [1.29, 1.82) is 0 Å². The lowest BCUT2D eigenvalue weighted by Crippen LogP contribution is -2.17. The number of amides is 1. The molecule has 0 saturated heterocycles. The van der Waals surface area contributed by atoms with Crippen molar-refractivity contribution < 1.29 is 23.1 Å². The van der Waals surface area contributed by atoms with Gasteiger partial charge in [0.1, 0.15) is 5.75 Å². The molecule has 114 valence electrons. The Kier molecular flexibility index (Phi) is 4.45. The minimum absolute atomic E-state index is 0.0656. The van der Waals surface area contributed by atoms with Crippen LogP contribution in [0.4, 0.5) is 13.2 Å². The molecule has 2 aromatic rings. The Balaban J connectivity index is 1.99. The van der Waals surface area contributed by atoms with Crippen molar-refractivity contribution in [1.82, 2.24) is 5.43 Å². The summed E-state index contributed by atoms with van der Waals surface area (Å²) in [6.45, 7) is 0. The summed E-state index contributed by atoms with van der Waals surface area (Å²) in [7, 11) is 0. The largest absolute Gasteiger partial charge is 0.508 e. The number of hydrogen-bond donors (Lipinski definition) is 2. The van der Waals surface area contributed by atoms with E-state index in [-0.39, 0.29) is 11.3 Å². The van der Waals surface area contributed by atoms with Crippen LogP contribution in [0.3, 0.4) is 0 Å². The molecule has 7 heteroatoms. The van der Waals surface area contributed by atoms with E-state index in [1.54, 1.807) is 12.1 Å². The van der Waals surface area contributed by atoms with Gasteiger partial charge in [0.15, 0.2) is 0 Å². The number of hydrogen-bond acceptors (Lipinski definition) is 3. The number of phenolic OH excluding ortho intramolecular Hbond substituents is 1. The van der Waals surface area contributed by atoms with Crippen molar-refractivity contribution in [3.8, 4) is 5.75 Å². The lowest BCUT2D eigenvalue weighted by atomic mass is 10.1. The fourth-order valence-corrected chi connectivity index (χ4v) is 1.60. The normalized spacial score (nSPS) is 11.6. The predicted octanol–water partition coefficient (Wildman–Crippen LogP) is 3.17. The van der Waals surface area contributed by atoms with Crippen LogP contribution in [0.25, 0.3) is 0 Å². The molecule has 1 amide bonds. The molecule has 0 aliphatic heterocycles. The monoisotopic (exact) mass is 308 g/mol. The molecule has 0 fully saturated rings. The number of benzene rings is 2. The van der Waals surface area contributed by atoms with Gasteiger partial charge in [-0.1, -0.05) is 0 Å². The smallest absolute Gasteiger partial charge is 0.416 e. The van der Waals surface area contributed by atoms with Gasteiger partial charge < -0.3 is 5.11 Å². The molecule has 0 atom stereocenters. The van der Waals surface area contributed by atoms with E-state index in [1.807, 2.05) is 0 Å². The quantitative estimate of drug-likeness (QED) is 0.676. The number of alkyl halides is 3. The lowest BCUT2D eigenvalue weighted by molar-refractivity contribution is -0.137. The zero-order chi connectivity index (χ0) is 16.2. The average molecular weight is 308 g/mol. The molecule has 0 aliphatic carbocycles. The van der Waals surface area contributed by atoms with Crippen molar-refractivity contribution >= 4 is 12.1 Å². The molecule has 0 aliphatic rings. The minimum atomic E-state index is -4.44. The first-order chi connectivity index (χ1) is 10.4. The van der Waals surface area contributed by atoms with Crippen LogP contribution in [0.15, 0.2) is 53.6 Å². The highest BCUT2D eigenvalue weighted by atomic mass is 19.4. The highest BCUT2D eigenvalue weighted by Gasteiger charge is 2.30. The molecule has 0 unspecified atom stereocenters. The number of rotatable bonds is 3. The third kappa shape index (κ3) is 4.08. The molecule has 0 aromatic heterocycles. The van der Waals surface area contributed by atoms with Crippen molar-refractivity contribution in [3.63, 3.8) is 0 Å². The van der Waals surface area contributed by atoms with Gasteiger partial charge in [-0.3, -0.25) is 4.79 Å². The maximum absolute atomic E-state index is 12.4. The van der Waals surface area contributed by atoms with Crippen LogP contribution >= 0.6 is 0 Å². The molecule has 0 radical (unpaired) electrons. The van der Waals surface area contributed by atoms with E-state index in [0.29, 0.717) is 5.56 Å². The Bertz CT molecular complexity index is 677. The van der Waals surface area contributed by atoms with Crippen molar-refractivity contribution in [3.05, 3.63) is 65.2 Å². The highest BCUT2D eigenvalue weighted by Crippen LogP contribution is 2.29. The number of halogens is 3. The molecular weight excluding hydrogens is 297 g/mol. The number of nitrogens with one attached hydrogen (secondary N) is 1. The SMILES string of the molecule is O=C(N/N=C/c1ccc(O)cc1)c1ccc(C(F)(F)F)cc1. The van der Waals surface area contributed by atoms with Gasteiger partial charge in [0, 0.05) is 5.56 Å². The summed E-state index contributed by atoms with van der Waals surface area (Å²) in [5, 5.41) is 12.8. The van der Waals surface area contributed by atoms with Crippen LogP contribution in [-0.4, -0.2) is 17.2 Å². The molecule has 22 heavy (non-hydrogen) atoms. The first kappa shape index (κ1) is 15.6. The Morgan fingerprint density at radius 2 is 1.64 bits per heavy atom. The standard InChI is InChI=1S/C15H11F3N2O2/c16-15(17,18)12-5-3-11(4-6-12)14(22)20-19-9-10-1-7-13(21)8-2-10/h1-9,21H,(H,20,22)/b19-9+. The molecule has 2 rings (SSSR count). The minimum Gasteiger partial charge on any atom is -0.508 e. The molecule has 2 aromatic carbocycles. The fraction of sp³-hybridized carbons (Fsp3) is 0.0667. The van der Waals surface area contributed by atoms with E-state index in [2.05, 4.69) is 10.5 Å². The Morgan fingerprint density at radius 3 is 2.18 bits per heavy atom. The van der Waals surface area contributed by atoms with Crippen LogP contribution in [0.2, 0.25) is 0 Å². The van der Waals surface area contributed by atoms with Crippen LogP contribution in [0.5, 0.6) is 5.75 Å². The number of hydrazone groups is 1. The van der Waals surface area contributed by atoms with Gasteiger partial charge in [-0.05, 0) is 54.1 Å². The highest BCUT2D eigenvalue weighted by molar-refractivity contribution is 5.94. The number of carbonyl (C=O) groups is 1. The van der Waals surface area contributed by atoms with E-state index >= 15 is 0 Å². The second kappa shape index (κ2) is 6.30. The van der Waals surface area contributed by atoms with Gasteiger partial charge in [-0.15, -0.1) is 0 Å². The van der Waals surface area contributed by atoms with E-state index < -0.39 is 17.6 Å². The number of carbonyl (C=O) groups excluding carboxylic acids is 1. The van der Waals surface area contributed by atoms with E-state index in [1.165, 1.54) is 18.3 Å². The van der Waals surface area contributed by atoms with Gasteiger partial charge in [0.25, 0.3) is 5.91 Å². The van der Waals surface area contributed by atoms with Crippen LogP contribution in [0, 0.1) is 0 Å². The van der Waals surface area contributed by atoms with E-state index in [9.17, 15) is 18.0 Å². The van der Waals surface area contributed by atoms with Gasteiger partial charge in [0.2, 0.25) is 0 Å². The lowest BCUT2D eigenvalue weighted by Gasteiger charge is -2.06. The number of nitrogens with zero attached hydrogens (tertiary/aromatic N) is 1. The summed E-state index contributed by atoms with van der Waals surface area (Å²) >= 11 is 0. The topological polar surface area (TPSA) is 61.7 Å². The van der Waals surface area contributed by atoms with E-state index in [0.717, 1.165) is 24.3 Å². The van der Waals surface area contributed by atoms with Crippen molar-refractivity contribution in [2.24, 2.45) is 5.10 Å². The van der Waals surface area contributed by atoms with E-state index in [4.69, 9.17) is 5.11 Å². The molecule has 0 saturated carbocycles. The summed E-state index contributed by atoms with van der Waals surface area (Å²) in [5.41, 5.74) is 2.09. The summed E-state index contributed by atoms with van der Waals surface area (Å²) in [5.74, 6) is -0.519. The van der Waals surface area contributed by atoms with Gasteiger partial charge >= 0.3 is 6.18 Å². The second-order valence-corrected chi connectivity index (χ2v) is 4.37. The molecule has 4 nitrogen and oxygen atoms in total. The first-order valence-corrected chi connectivity index (χ1v) is 6.16. The Morgan fingerprint density at radius 1 is 1.05 bits per heavy atom. The van der Waals surface area contributed by atoms with Crippen molar-refractivity contribution in [2.45, 2.75) is 6.18 Å². The van der Waals surface area contributed by atoms with Gasteiger partial charge in [-0.25, -0.2) is 5.43 Å². The predicted molar refractivity (Wildman–Crippen MR) is 74.6 cm³/mol. The third-order valence-electron chi connectivity index (χ3n) is 2.75. The molecule has 0 spiro atoms. The second-order valence-electron chi connectivity index (χ2n) is 4.37. The average Bonchev–Trinajstić information content (AvgIpc) is 2.48. The summed E-state index contributed by atoms with van der Waals surface area (Å²) in [6, 6.07) is 9.91. The summed E-state index contributed by atoms with van der Waals surface area (Å²) in [4.78, 5) is 11.7. The van der Waals surface area contributed by atoms with Crippen LogP contribution in [0.1, 0.15) is 21.5 Å². The Hall–Kier alpha value is -2.83. The van der Waals surface area contributed by atoms with Crippen LogP contribution < -0.4 is 5.43 Å². The van der Waals surface area contributed by atoms with Crippen LogP contribution in [-0.2, 0) is 6.18 Å². The summed E-state index contributed by atoms with van der Waals surface area (Å²) in [6.07, 6.45) is -3.09. The van der Waals surface area contributed by atoms with Gasteiger partial charge in [-0.2, -0.15) is 18.3 Å². The molecule has 2 N–H and O–H groups in total. The molecule has 0 heterocycles.